The second kappa shape index (κ2) is 7.60. The maximum atomic E-state index is 12.8. The van der Waals surface area contributed by atoms with Crippen LogP contribution in [0.4, 0.5) is 0 Å². The van der Waals surface area contributed by atoms with E-state index in [1.807, 2.05) is 36.9 Å². The van der Waals surface area contributed by atoms with E-state index in [2.05, 4.69) is 0 Å². The average Bonchev–Trinajstić information content (AvgIpc) is 2.69. The third-order valence-electron chi connectivity index (χ3n) is 5.03. The molecule has 0 N–H and O–H groups in total. The molecule has 136 valence electrons. The molecular formula is C21H24N2O3. The first-order valence-electron chi connectivity index (χ1n) is 8.80. The number of rotatable bonds is 3. The SMILES string of the molecule is COc1ccc(C(=O)N2CCN(C(=O)c3cccc(C)c3C)CC2)cc1. The van der Waals surface area contributed by atoms with Gasteiger partial charge in [0, 0.05) is 37.3 Å². The van der Waals surface area contributed by atoms with Crippen LogP contribution < -0.4 is 4.74 Å². The molecule has 3 rings (SSSR count). The number of hydrogen-bond acceptors (Lipinski definition) is 3. The molecule has 26 heavy (non-hydrogen) atoms. The van der Waals surface area contributed by atoms with E-state index in [1.54, 1.807) is 36.3 Å². The van der Waals surface area contributed by atoms with Gasteiger partial charge in [0.2, 0.25) is 0 Å². The summed E-state index contributed by atoms with van der Waals surface area (Å²) in [6, 6.07) is 12.9. The molecule has 0 aliphatic carbocycles. The van der Waals surface area contributed by atoms with Crippen molar-refractivity contribution in [2.45, 2.75) is 13.8 Å². The van der Waals surface area contributed by atoms with E-state index in [9.17, 15) is 9.59 Å². The van der Waals surface area contributed by atoms with Crippen molar-refractivity contribution in [2.75, 3.05) is 33.3 Å². The highest BCUT2D eigenvalue weighted by Gasteiger charge is 2.26. The number of benzene rings is 2. The molecular weight excluding hydrogens is 328 g/mol. The molecule has 2 aromatic carbocycles. The van der Waals surface area contributed by atoms with Gasteiger partial charge in [0.25, 0.3) is 11.8 Å². The highest BCUT2D eigenvalue weighted by Crippen LogP contribution is 2.18. The molecule has 0 aromatic heterocycles. The molecule has 0 unspecified atom stereocenters. The van der Waals surface area contributed by atoms with Gasteiger partial charge in [-0.3, -0.25) is 9.59 Å². The predicted octanol–water partition coefficient (Wildman–Crippen LogP) is 2.91. The molecule has 1 saturated heterocycles. The molecule has 1 aliphatic rings. The molecule has 0 bridgehead atoms. The van der Waals surface area contributed by atoms with Crippen LogP contribution in [0.5, 0.6) is 5.75 Å². The van der Waals surface area contributed by atoms with Crippen LogP contribution in [0.25, 0.3) is 0 Å². The van der Waals surface area contributed by atoms with E-state index in [0.717, 1.165) is 22.4 Å². The van der Waals surface area contributed by atoms with Crippen molar-refractivity contribution in [1.29, 1.82) is 0 Å². The zero-order valence-corrected chi connectivity index (χ0v) is 15.5. The van der Waals surface area contributed by atoms with Crippen molar-refractivity contribution < 1.29 is 14.3 Å². The van der Waals surface area contributed by atoms with Gasteiger partial charge >= 0.3 is 0 Å². The first-order valence-corrected chi connectivity index (χ1v) is 8.80. The Hall–Kier alpha value is -2.82. The summed E-state index contributed by atoms with van der Waals surface area (Å²) in [7, 11) is 1.60. The van der Waals surface area contributed by atoms with Crippen molar-refractivity contribution in [2.24, 2.45) is 0 Å². The van der Waals surface area contributed by atoms with Crippen LogP contribution in [0.15, 0.2) is 42.5 Å². The van der Waals surface area contributed by atoms with Gasteiger partial charge in [0.1, 0.15) is 5.75 Å². The Bertz CT molecular complexity index is 807. The van der Waals surface area contributed by atoms with Crippen molar-refractivity contribution >= 4 is 11.8 Å². The highest BCUT2D eigenvalue weighted by molar-refractivity contribution is 5.97. The van der Waals surface area contributed by atoms with Gasteiger partial charge in [-0.05, 0) is 55.3 Å². The quantitative estimate of drug-likeness (QED) is 0.853. The molecule has 2 aromatic rings. The number of carbonyl (C=O) groups excluding carboxylic acids is 2. The fraction of sp³-hybridized carbons (Fsp3) is 0.333. The Kier molecular flexibility index (Phi) is 5.26. The van der Waals surface area contributed by atoms with Gasteiger partial charge in [0.15, 0.2) is 0 Å². The van der Waals surface area contributed by atoms with E-state index in [0.29, 0.717) is 31.7 Å². The molecule has 0 radical (unpaired) electrons. The number of methoxy groups -OCH3 is 1. The summed E-state index contributed by atoms with van der Waals surface area (Å²) in [5.41, 5.74) is 3.53. The summed E-state index contributed by atoms with van der Waals surface area (Å²) in [5.74, 6) is 0.764. The summed E-state index contributed by atoms with van der Waals surface area (Å²) in [4.78, 5) is 29.1. The molecule has 0 atom stereocenters. The van der Waals surface area contributed by atoms with Crippen molar-refractivity contribution in [3.63, 3.8) is 0 Å². The molecule has 0 saturated carbocycles. The lowest BCUT2D eigenvalue weighted by Crippen LogP contribution is -2.50. The van der Waals surface area contributed by atoms with Gasteiger partial charge in [-0.15, -0.1) is 0 Å². The Morgan fingerprint density at radius 2 is 1.42 bits per heavy atom. The number of piperazine rings is 1. The van der Waals surface area contributed by atoms with E-state index >= 15 is 0 Å². The molecule has 5 heteroatoms. The van der Waals surface area contributed by atoms with Crippen molar-refractivity contribution in [1.82, 2.24) is 9.80 Å². The lowest BCUT2D eigenvalue weighted by molar-refractivity contribution is 0.0535. The molecule has 0 spiro atoms. The van der Waals surface area contributed by atoms with Crippen LogP contribution in [-0.2, 0) is 0 Å². The Morgan fingerprint density at radius 3 is 2.00 bits per heavy atom. The standard InChI is InChI=1S/C21H24N2O3/c1-15-5-4-6-19(16(15)2)21(25)23-13-11-22(12-14-23)20(24)17-7-9-18(26-3)10-8-17/h4-10H,11-14H2,1-3H3. The minimum absolute atomic E-state index is 0.00788. The Morgan fingerprint density at radius 1 is 0.846 bits per heavy atom. The zero-order valence-electron chi connectivity index (χ0n) is 15.5. The van der Waals surface area contributed by atoms with Crippen LogP contribution in [0.1, 0.15) is 31.8 Å². The van der Waals surface area contributed by atoms with Crippen LogP contribution in [0.2, 0.25) is 0 Å². The lowest BCUT2D eigenvalue weighted by atomic mass is 10.0. The summed E-state index contributed by atoms with van der Waals surface area (Å²) >= 11 is 0. The summed E-state index contributed by atoms with van der Waals surface area (Å²) in [6.07, 6.45) is 0. The number of ether oxygens (including phenoxy) is 1. The second-order valence-electron chi connectivity index (χ2n) is 6.56. The van der Waals surface area contributed by atoms with Crippen LogP contribution >= 0.6 is 0 Å². The highest BCUT2D eigenvalue weighted by atomic mass is 16.5. The van der Waals surface area contributed by atoms with E-state index < -0.39 is 0 Å². The average molecular weight is 352 g/mol. The lowest BCUT2D eigenvalue weighted by Gasteiger charge is -2.35. The minimum atomic E-state index is -0.00788. The third kappa shape index (κ3) is 3.57. The maximum Gasteiger partial charge on any atom is 0.254 e. The van der Waals surface area contributed by atoms with E-state index in [-0.39, 0.29) is 11.8 Å². The number of aryl methyl sites for hydroxylation is 1. The zero-order chi connectivity index (χ0) is 18.7. The second-order valence-corrected chi connectivity index (χ2v) is 6.56. The fourth-order valence-electron chi connectivity index (χ4n) is 3.18. The Balaban J connectivity index is 1.64. The van der Waals surface area contributed by atoms with Gasteiger partial charge in [0.05, 0.1) is 7.11 Å². The number of amides is 2. The summed E-state index contributed by atoms with van der Waals surface area (Å²) < 4.78 is 5.13. The van der Waals surface area contributed by atoms with E-state index in [1.165, 1.54) is 0 Å². The predicted molar refractivity (Wildman–Crippen MR) is 101 cm³/mol. The van der Waals surface area contributed by atoms with Crippen LogP contribution in [0, 0.1) is 13.8 Å². The number of hydrogen-bond donors (Lipinski definition) is 0. The summed E-state index contributed by atoms with van der Waals surface area (Å²) in [5, 5.41) is 0. The van der Waals surface area contributed by atoms with Gasteiger partial charge in [-0.25, -0.2) is 0 Å². The van der Waals surface area contributed by atoms with Crippen LogP contribution in [-0.4, -0.2) is 54.9 Å². The molecule has 5 nitrogen and oxygen atoms in total. The first kappa shape index (κ1) is 18.0. The smallest absolute Gasteiger partial charge is 0.254 e. The monoisotopic (exact) mass is 352 g/mol. The molecule has 2 amide bonds. The van der Waals surface area contributed by atoms with Gasteiger partial charge in [-0.1, -0.05) is 12.1 Å². The van der Waals surface area contributed by atoms with Gasteiger partial charge < -0.3 is 14.5 Å². The normalized spacial score (nSPS) is 14.3. The Labute approximate surface area is 154 Å². The van der Waals surface area contributed by atoms with Gasteiger partial charge in [-0.2, -0.15) is 0 Å². The number of carbonyl (C=O) groups is 2. The summed E-state index contributed by atoms with van der Waals surface area (Å²) in [6.45, 7) is 6.18. The largest absolute Gasteiger partial charge is 0.497 e. The molecule has 1 heterocycles. The van der Waals surface area contributed by atoms with Crippen molar-refractivity contribution in [3.05, 3.63) is 64.7 Å². The number of nitrogens with zero attached hydrogens (tertiary/aromatic N) is 2. The topological polar surface area (TPSA) is 49.9 Å². The molecule has 1 fully saturated rings. The van der Waals surface area contributed by atoms with E-state index in [4.69, 9.17) is 4.74 Å². The fourth-order valence-corrected chi connectivity index (χ4v) is 3.18. The minimum Gasteiger partial charge on any atom is -0.497 e. The third-order valence-corrected chi connectivity index (χ3v) is 5.03. The molecule has 1 aliphatic heterocycles. The van der Waals surface area contributed by atoms with Crippen molar-refractivity contribution in [3.8, 4) is 5.75 Å². The maximum absolute atomic E-state index is 12.8. The van der Waals surface area contributed by atoms with Crippen LogP contribution in [0.3, 0.4) is 0 Å². The first-order chi connectivity index (χ1) is 12.5.